The van der Waals surface area contributed by atoms with Gasteiger partial charge >= 0.3 is 0 Å². The van der Waals surface area contributed by atoms with Crippen molar-refractivity contribution >= 4 is 23.2 Å². The highest BCUT2D eigenvalue weighted by Gasteiger charge is 2.16. The zero-order valence-electron chi connectivity index (χ0n) is 16.4. The molecule has 3 rings (SSSR count). The fourth-order valence-corrected chi connectivity index (χ4v) is 3.44. The summed E-state index contributed by atoms with van der Waals surface area (Å²) in [6.07, 6.45) is 0.942. The number of nitrogens with one attached hydrogen (secondary N) is 1. The molecule has 1 N–H and O–H groups in total. The van der Waals surface area contributed by atoms with Crippen molar-refractivity contribution in [2.75, 3.05) is 50.8 Å². The number of aryl methyl sites for hydroxylation is 1. The zero-order chi connectivity index (χ0) is 19.8. The Morgan fingerprint density at radius 1 is 1.11 bits per heavy atom. The van der Waals surface area contributed by atoms with Crippen molar-refractivity contribution in [2.24, 2.45) is 0 Å². The van der Waals surface area contributed by atoms with Gasteiger partial charge in [0.15, 0.2) is 6.61 Å². The lowest BCUT2D eigenvalue weighted by Gasteiger charge is -2.36. The van der Waals surface area contributed by atoms with Crippen molar-refractivity contribution in [3.8, 4) is 5.75 Å². The molecule has 1 fully saturated rings. The molecule has 1 aliphatic heterocycles. The van der Waals surface area contributed by atoms with Crippen molar-refractivity contribution in [3.63, 3.8) is 0 Å². The number of hydrogen-bond donors (Lipinski definition) is 1. The van der Waals surface area contributed by atoms with E-state index in [1.54, 1.807) is 0 Å². The van der Waals surface area contributed by atoms with Crippen LogP contribution in [0.4, 0.5) is 5.69 Å². The number of benzene rings is 2. The molecule has 0 bridgehead atoms. The maximum absolute atomic E-state index is 11.9. The summed E-state index contributed by atoms with van der Waals surface area (Å²) < 4.78 is 5.52. The van der Waals surface area contributed by atoms with Crippen LogP contribution < -0.4 is 15.0 Å². The molecule has 28 heavy (non-hydrogen) atoms. The normalized spacial score (nSPS) is 14.7. The average molecular weight is 402 g/mol. The van der Waals surface area contributed by atoms with Crippen LogP contribution in [-0.2, 0) is 4.79 Å². The number of carbonyl (C=O) groups is 1. The predicted octanol–water partition coefficient (Wildman–Crippen LogP) is 3.36. The molecule has 6 heteroatoms. The predicted molar refractivity (Wildman–Crippen MR) is 114 cm³/mol. The Kier molecular flexibility index (Phi) is 7.57. The van der Waals surface area contributed by atoms with E-state index in [0.717, 1.165) is 55.5 Å². The molecule has 1 aliphatic rings. The molecule has 5 nitrogen and oxygen atoms in total. The van der Waals surface area contributed by atoms with Crippen LogP contribution in [0.3, 0.4) is 0 Å². The van der Waals surface area contributed by atoms with Crippen LogP contribution in [-0.4, -0.2) is 56.7 Å². The van der Waals surface area contributed by atoms with Gasteiger partial charge in [0.2, 0.25) is 0 Å². The van der Waals surface area contributed by atoms with Crippen LogP contribution in [0.15, 0.2) is 48.5 Å². The Labute approximate surface area is 172 Å². The number of rotatable bonds is 8. The maximum atomic E-state index is 11.9. The average Bonchev–Trinajstić information content (AvgIpc) is 2.71. The Morgan fingerprint density at radius 2 is 1.86 bits per heavy atom. The second kappa shape index (κ2) is 10.3. The van der Waals surface area contributed by atoms with Crippen LogP contribution in [0, 0.1) is 6.92 Å². The number of anilines is 1. The van der Waals surface area contributed by atoms with E-state index in [1.807, 2.05) is 43.3 Å². The number of halogens is 1. The SMILES string of the molecule is Cc1cccc(OCC(=O)NCCCN2CCN(c3ccc(Cl)cc3)CC2)c1. The van der Waals surface area contributed by atoms with Gasteiger partial charge in [0.05, 0.1) is 0 Å². The molecule has 0 saturated carbocycles. The molecule has 0 unspecified atom stereocenters. The van der Waals surface area contributed by atoms with Gasteiger partial charge in [0, 0.05) is 43.4 Å². The Hall–Kier alpha value is -2.24. The minimum absolute atomic E-state index is 0.0587. The van der Waals surface area contributed by atoms with E-state index in [1.165, 1.54) is 5.69 Å². The first kappa shape index (κ1) is 20.5. The first-order valence-corrected chi connectivity index (χ1v) is 10.2. The summed E-state index contributed by atoms with van der Waals surface area (Å²) >= 11 is 5.96. The van der Waals surface area contributed by atoms with Gasteiger partial charge in [-0.1, -0.05) is 23.7 Å². The molecule has 0 atom stereocenters. The largest absolute Gasteiger partial charge is 0.484 e. The van der Waals surface area contributed by atoms with Crippen LogP contribution in [0.2, 0.25) is 5.02 Å². The highest BCUT2D eigenvalue weighted by Crippen LogP contribution is 2.19. The van der Waals surface area contributed by atoms with Crippen molar-refractivity contribution in [3.05, 3.63) is 59.1 Å². The van der Waals surface area contributed by atoms with Crippen molar-refractivity contribution in [2.45, 2.75) is 13.3 Å². The summed E-state index contributed by atoms with van der Waals surface area (Å²) in [4.78, 5) is 16.7. The molecular formula is C22H28ClN3O2. The van der Waals surface area contributed by atoms with Gasteiger partial charge in [-0.3, -0.25) is 9.69 Å². The maximum Gasteiger partial charge on any atom is 0.257 e. The Balaban J connectivity index is 1.27. The number of carbonyl (C=O) groups excluding carboxylic acids is 1. The lowest BCUT2D eigenvalue weighted by atomic mass is 10.2. The summed E-state index contributed by atoms with van der Waals surface area (Å²) in [5.41, 5.74) is 2.35. The first-order valence-electron chi connectivity index (χ1n) is 9.79. The van der Waals surface area contributed by atoms with E-state index in [9.17, 15) is 4.79 Å². The van der Waals surface area contributed by atoms with E-state index in [0.29, 0.717) is 6.54 Å². The van der Waals surface area contributed by atoms with Crippen LogP contribution >= 0.6 is 11.6 Å². The highest BCUT2D eigenvalue weighted by atomic mass is 35.5. The molecule has 150 valence electrons. The van der Waals surface area contributed by atoms with Crippen molar-refractivity contribution in [1.82, 2.24) is 10.2 Å². The third-order valence-electron chi connectivity index (χ3n) is 4.90. The fraction of sp³-hybridized carbons (Fsp3) is 0.409. The third-order valence-corrected chi connectivity index (χ3v) is 5.15. The number of amides is 1. The molecule has 2 aromatic rings. The van der Waals surface area contributed by atoms with Crippen LogP contribution in [0.5, 0.6) is 5.75 Å². The first-order chi connectivity index (χ1) is 13.6. The van der Waals surface area contributed by atoms with Crippen molar-refractivity contribution in [1.29, 1.82) is 0 Å². The summed E-state index contributed by atoms with van der Waals surface area (Å²) in [6.45, 7) is 7.82. The monoisotopic (exact) mass is 401 g/mol. The minimum atomic E-state index is -0.0749. The standard InChI is InChI=1S/C22H28ClN3O2/c1-18-4-2-5-21(16-18)28-17-22(27)24-10-3-11-25-12-14-26(15-13-25)20-8-6-19(23)7-9-20/h2,4-9,16H,3,10-15,17H2,1H3,(H,24,27). The number of nitrogens with zero attached hydrogens (tertiary/aromatic N) is 2. The third kappa shape index (κ3) is 6.43. The quantitative estimate of drug-likeness (QED) is 0.689. The van der Waals surface area contributed by atoms with E-state index >= 15 is 0 Å². The Morgan fingerprint density at radius 3 is 2.57 bits per heavy atom. The van der Waals surface area contributed by atoms with Crippen LogP contribution in [0.1, 0.15) is 12.0 Å². The van der Waals surface area contributed by atoms with E-state index in [2.05, 4.69) is 27.2 Å². The van der Waals surface area contributed by atoms with Crippen molar-refractivity contribution < 1.29 is 9.53 Å². The van der Waals surface area contributed by atoms with Gasteiger partial charge in [-0.2, -0.15) is 0 Å². The molecular weight excluding hydrogens is 374 g/mol. The molecule has 2 aromatic carbocycles. The van der Waals surface area contributed by atoms with E-state index < -0.39 is 0 Å². The second-order valence-corrected chi connectivity index (χ2v) is 7.55. The molecule has 0 spiro atoms. The smallest absolute Gasteiger partial charge is 0.257 e. The summed E-state index contributed by atoms with van der Waals surface area (Å²) in [5, 5.41) is 3.71. The summed E-state index contributed by atoms with van der Waals surface area (Å²) in [6, 6.07) is 15.8. The van der Waals surface area contributed by atoms with Gasteiger partial charge in [0.1, 0.15) is 5.75 Å². The summed E-state index contributed by atoms with van der Waals surface area (Å²) in [7, 11) is 0. The van der Waals surface area contributed by atoms with E-state index in [-0.39, 0.29) is 12.5 Å². The van der Waals surface area contributed by atoms with Gasteiger partial charge in [0.25, 0.3) is 5.91 Å². The Bertz CT molecular complexity index is 759. The highest BCUT2D eigenvalue weighted by molar-refractivity contribution is 6.30. The van der Waals surface area contributed by atoms with Crippen LogP contribution in [0.25, 0.3) is 0 Å². The second-order valence-electron chi connectivity index (χ2n) is 7.11. The van der Waals surface area contributed by atoms with Gasteiger partial charge < -0.3 is 15.0 Å². The molecule has 1 amide bonds. The molecule has 1 saturated heterocycles. The number of piperazine rings is 1. The lowest BCUT2D eigenvalue weighted by Crippen LogP contribution is -2.47. The van der Waals surface area contributed by atoms with E-state index in [4.69, 9.17) is 16.3 Å². The zero-order valence-corrected chi connectivity index (χ0v) is 17.1. The van der Waals surface area contributed by atoms with Gasteiger partial charge in [-0.15, -0.1) is 0 Å². The van der Waals surface area contributed by atoms with Gasteiger partial charge in [-0.25, -0.2) is 0 Å². The molecule has 0 aromatic heterocycles. The fourth-order valence-electron chi connectivity index (χ4n) is 3.32. The van der Waals surface area contributed by atoms with Gasteiger partial charge in [-0.05, 0) is 61.9 Å². The topological polar surface area (TPSA) is 44.8 Å². The lowest BCUT2D eigenvalue weighted by molar-refractivity contribution is -0.123. The summed E-state index contributed by atoms with van der Waals surface area (Å²) in [5.74, 6) is 0.655. The molecule has 1 heterocycles. The molecule has 0 radical (unpaired) electrons. The minimum Gasteiger partial charge on any atom is -0.484 e. The number of ether oxygens (including phenoxy) is 1. The number of hydrogen-bond acceptors (Lipinski definition) is 4. The molecule has 0 aliphatic carbocycles.